The Morgan fingerprint density at radius 3 is 2.58 bits per heavy atom. The molecule has 1 N–H and O–H groups in total. The molecule has 3 rings (SSSR count). The van der Waals surface area contributed by atoms with Crippen LogP contribution in [0.1, 0.15) is 11.1 Å². The molecular formula is C24H31N3O4. The fourth-order valence-electron chi connectivity index (χ4n) is 3.81. The Bertz CT molecular complexity index is 872. The highest BCUT2D eigenvalue weighted by atomic mass is 16.5. The summed E-state index contributed by atoms with van der Waals surface area (Å²) in [7, 11) is 5.41. The van der Waals surface area contributed by atoms with Crippen LogP contribution < -0.4 is 10.1 Å². The van der Waals surface area contributed by atoms with E-state index in [0.717, 1.165) is 16.9 Å². The number of methoxy groups -OCH3 is 1. The Hall–Kier alpha value is -2.90. The molecule has 0 bridgehead atoms. The van der Waals surface area contributed by atoms with Gasteiger partial charge in [0.15, 0.2) is 0 Å². The van der Waals surface area contributed by atoms with Gasteiger partial charge in [0.05, 0.1) is 6.04 Å². The zero-order valence-corrected chi connectivity index (χ0v) is 18.4. The van der Waals surface area contributed by atoms with Crippen molar-refractivity contribution in [3.8, 4) is 5.75 Å². The molecule has 166 valence electrons. The van der Waals surface area contributed by atoms with Crippen LogP contribution in [0, 0.1) is 0 Å². The summed E-state index contributed by atoms with van der Waals surface area (Å²) in [5.74, 6) is 0.359. The number of hydrogen-bond donors (Lipinski definition) is 1. The highest BCUT2D eigenvalue weighted by molar-refractivity contribution is 5.88. The van der Waals surface area contributed by atoms with Crippen LogP contribution in [0.2, 0.25) is 0 Å². The summed E-state index contributed by atoms with van der Waals surface area (Å²) in [6, 6.07) is 16.6. The van der Waals surface area contributed by atoms with E-state index in [1.165, 1.54) is 7.11 Å². The third-order valence-corrected chi connectivity index (χ3v) is 5.24. The van der Waals surface area contributed by atoms with Crippen molar-refractivity contribution in [3.05, 3.63) is 65.7 Å². The second kappa shape index (κ2) is 10.9. The van der Waals surface area contributed by atoms with Gasteiger partial charge >= 0.3 is 0 Å². The van der Waals surface area contributed by atoms with E-state index < -0.39 is 6.04 Å². The molecule has 1 heterocycles. The second-order valence-electron chi connectivity index (χ2n) is 8.04. The monoisotopic (exact) mass is 425 g/mol. The lowest BCUT2D eigenvalue weighted by atomic mass is 10.0. The van der Waals surface area contributed by atoms with Crippen molar-refractivity contribution in [2.45, 2.75) is 25.0 Å². The first-order valence-corrected chi connectivity index (χ1v) is 10.5. The number of ether oxygens (including phenoxy) is 2. The third-order valence-electron chi connectivity index (χ3n) is 5.24. The fraction of sp³-hybridized carbons (Fsp3) is 0.417. The Balaban J connectivity index is 1.89. The average molecular weight is 426 g/mol. The molecule has 2 amide bonds. The molecule has 0 radical (unpaired) electrons. The van der Waals surface area contributed by atoms with Gasteiger partial charge in [-0.05, 0) is 25.7 Å². The fourth-order valence-corrected chi connectivity index (χ4v) is 3.81. The van der Waals surface area contributed by atoms with Crippen LogP contribution in [0.5, 0.6) is 5.75 Å². The van der Waals surface area contributed by atoms with Gasteiger partial charge in [-0.15, -0.1) is 0 Å². The quantitative estimate of drug-likeness (QED) is 0.697. The summed E-state index contributed by atoms with van der Waals surface area (Å²) in [5.41, 5.74) is 1.94. The number of benzene rings is 2. The van der Waals surface area contributed by atoms with Crippen LogP contribution in [0.15, 0.2) is 54.6 Å². The smallest absolute Gasteiger partial charge is 0.246 e. The van der Waals surface area contributed by atoms with E-state index in [9.17, 15) is 9.59 Å². The number of rotatable bonds is 8. The molecule has 2 aromatic carbocycles. The molecule has 0 spiro atoms. The summed E-state index contributed by atoms with van der Waals surface area (Å²) in [6.45, 7) is 1.39. The molecule has 0 aliphatic carbocycles. The Morgan fingerprint density at radius 2 is 1.87 bits per heavy atom. The molecule has 7 nitrogen and oxygen atoms in total. The number of likely N-dealkylation sites (N-methyl/N-ethyl adjacent to an activating group) is 1. The molecular weight excluding hydrogens is 394 g/mol. The van der Waals surface area contributed by atoms with E-state index in [-0.39, 0.29) is 24.5 Å². The maximum Gasteiger partial charge on any atom is 0.246 e. The van der Waals surface area contributed by atoms with Crippen molar-refractivity contribution in [1.82, 2.24) is 15.1 Å². The van der Waals surface area contributed by atoms with Crippen LogP contribution in [-0.4, -0.2) is 74.7 Å². The van der Waals surface area contributed by atoms with Crippen LogP contribution >= 0.6 is 0 Å². The lowest BCUT2D eigenvalue weighted by molar-refractivity contribution is -0.140. The predicted molar refractivity (Wildman–Crippen MR) is 119 cm³/mol. The third kappa shape index (κ3) is 6.29. The minimum Gasteiger partial charge on any atom is -0.491 e. The van der Waals surface area contributed by atoms with Crippen LogP contribution in [0.3, 0.4) is 0 Å². The Kier molecular flexibility index (Phi) is 8.03. The van der Waals surface area contributed by atoms with Crippen molar-refractivity contribution in [1.29, 1.82) is 0 Å². The molecule has 31 heavy (non-hydrogen) atoms. The zero-order valence-electron chi connectivity index (χ0n) is 18.4. The highest BCUT2D eigenvalue weighted by Crippen LogP contribution is 2.26. The van der Waals surface area contributed by atoms with Gasteiger partial charge in [-0.1, -0.05) is 48.5 Å². The normalized spacial score (nSPS) is 16.8. The standard InChI is InChI=1S/C24H31N3O4/c1-26(2)15-20-16-31-22-12-8-7-11-19(22)14-27(20)24(29)21(25-23(28)17-30-3)13-18-9-5-4-6-10-18/h4-12,20-21H,13-17H2,1-3H3,(H,25,28)/t20-,21+/m1/s1. The number of hydrogen-bond acceptors (Lipinski definition) is 5. The Morgan fingerprint density at radius 1 is 1.16 bits per heavy atom. The minimum atomic E-state index is -0.694. The van der Waals surface area contributed by atoms with Crippen LogP contribution in [0.4, 0.5) is 0 Å². The topological polar surface area (TPSA) is 71.1 Å². The van der Waals surface area contributed by atoms with Crippen LogP contribution in [0.25, 0.3) is 0 Å². The molecule has 0 aromatic heterocycles. The van der Waals surface area contributed by atoms with E-state index in [4.69, 9.17) is 9.47 Å². The lowest BCUT2D eigenvalue weighted by Gasteiger charge is -2.34. The molecule has 0 unspecified atom stereocenters. The zero-order chi connectivity index (χ0) is 22.2. The van der Waals surface area contributed by atoms with Crippen molar-refractivity contribution >= 4 is 11.8 Å². The molecule has 0 saturated heterocycles. The maximum atomic E-state index is 13.8. The summed E-state index contributed by atoms with van der Waals surface area (Å²) in [4.78, 5) is 30.0. The minimum absolute atomic E-state index is 0.0916. The van der Waals surface area contributed by atoms with Gasteiger partial charge in [0.1, 0.15) is 25.0 Å². The highest BCUT2D eigenvalue weighted by Gasteiger charge is 2.34. The first-order valence-electron chi connectivity index (χ1n) is 10.5. The summed E-state index contributed by atoms with van der Waals surface area (Å²) < 4.78 is 11.0. The van der Waals surface area contributed by atoms with E-state index in [2.05, 4.69) is 5.32 Å². The number of carbonyl (C=O) groups is 2. The van der Waals surface area contributed by atoms with Crippen molar-refractivity contribution in [2.75, 3.05) is 41.0 Å². The summed E-state index contributed by atoms with van der Waals surface area (Å²) in [6.07, 6.45) is 0.406. The van der Waals surface area contributed by atoms with Gasteiger partial charge in [-0.3, -0.25) is 9.59 Å². The van der Waals surface area contributed by atoms with Gasteiger partial charge in [-0.25, -0.2) is 0 Å². The molecule has 2 atom stereocenters. The molecule has 1 aliphatic heterocycles. The predicted octanol–water partition coefficient (Wildman–Crippen LogP) is 1.71. The molecule has 2 aromatic rings. The molecule has 0 saturated carbocycles. The number of fused-ring (bicyclic) bond motifs is 1. The van der Waals surface area contributed by atoms with Crippen molar-refractivity contribution in [2.24, 2.45) is 0 Å². The van der Waals surface area contributed by atoms with Gasteiger partial charge < -0.3 is 24.6 Å². The van der Waals surface area contributed by atoms with E-state index in [1.807, 2.05) is 78.5 Å². The van der Waals surface area contributed by atoms with Crippen molar-refractivity contribution < 1.29 is 19.1 Å². The lowest BCUT2D eigenvalue weighted by Crippen LogP contribution is -2.55. The number of para-hydroxylation sites is 1. The largest absolute Gasteiger partial charge is 0.491 e. The van der Waals surface area contributed by atoms with Gasteiger partial charge in [0.2, 0.25) is 11.8 Å². The maximum absolute atomic E-state index is 13.8. The van der Waals surface area contributed by atoms with E-state index >= 15 is 0 Å². The average Bonchev–Trinajstić information content (AvgIpc) is 2.93. The van der Waals surface area contributed by atoms with E-state index in [1.54, 1.807) is 0 Å². The van der Waals surface area contributed by atoms with Gasteiger partial charge in [-0.2, -0.15) is 0 Å². The van der Waals surface area contributed by atoms with Gasteiger partial charge in [0, 0.05) is 32.2 Å². The number of nitrogens with zero attached hydrogens (tertiary/aromatic N) is 2. The number of amides is 2. The van der Waals surface area contributed by atoms with Crippen LogP contribution in [-0.2, 0) is 27.3 Å². The number of nitrogens with one attached hydrogen (secondary N) is 1. The van der Waals surface area contributed by atoms with Crippen molar-refractivity contribution in [3.63, 3.8) is 0 Å². The molecule has 1 aliphatic rings. The first-order chi connectivity index (χ1) is 15.0. The summed E-state index contributed by atoms with van der Waals surface area (Å²) in [5, 5.41) is 2.87. The van der Waals surface area contributed by atoms with Gasteiger partial charge in [0.25, 0.3) is 0 Å². The van der Waals surface area contributed by atoms with E-state index in [0.29, 0.717) is 26.1 Å². The SMILES string of the molecule is COCC(=O)N[C@@H](Cc1ccccc1)C(=O)N1Cc2ccccc2OC[C@H]1CN(C)C. The number of carbonyl (C=O) groups excluding carboxylic acids is 2. The Labute approximate surface area is 183 Å². The molecule has 0 fully saturated rings. The first kappa shape index (κ1) is 22.8. The molecule has 7 heteroatoms. The summed E-state index contributed by atoms with van der Waals surface area (Å²) >= 11 is 0. The second-order valence-corrected chi connectivity index (χ2v) is 8.04.